The zero-order valence-corrected chi connectivity index (χ0v) is 18.7. The summed E-state index contributed by atoms with van der Waals surface area (Å²) in [5.74, 6) is -0.220. The van der Waals surface area contributed by atoms with Gasteiger partial charge in [0.2, 0.25) is 0 Å². The molecule has 0 N–H and O–H groups in total. The van der Waals surface area contributed by atoms with Crippen LogP contribution < -0.4 is 0 Å². The van der Waals surface area contributed by atoms with Gasteiger partial charge in [-0.15, -0.1) is 0 Å². The van der Waals surface area contributed by atoms with Crippen LogP contribution in [0, 0.1) is 17.8 Å². The van der Waals surface area contributed by atoms with E-state index in [0.717, 1.165) is 12.0 Å². The van der Waals surface area contributed by atoms with Crippen LogP contribution in [0.5, 0.6) is 0 Å². The molecule has 0 aromatic rings. The van der Waals surface area contributed by atoms with Gasteiger partial charge in [-0.2, -0.15) is 0 Å². The maximum absolute atomic E-state index is 13.1. The molecule has 2 aliphatic rings. The van der Waals surface area contributed by atoms with E-state index in [0.29, 0.717) is 18.8 Å². The molecule has 1 saturated heterocycles. The second kappa shape index (κ2) is 8.05. The standard InChI is InChI=1S/C22H37NO5/c1-13(2)10-17-18(15-11-14(3)12-16(15)19(24)26-9)27-22(7,8)23(17)20(25)28-21(4,5)6/h13,15-18H,3,10-12H2,1-2,4-9H3/t15-,16-,17+,18+/m1/s1. The monoisotopic (exact) mass is 395 g/mol. The Morgan fingerprint density at radius 1 is 1.29 bits per heavy atom. The molecule has 2 rings (SSSR count). The van der Waals surface area contributed by atoms with Gasteiger partial charge >= 0.3 is 12.1 Å². The second-order valence-electron chi connectivity index (χ2n) is 10.0. The molecule has 2 fully saturated rings. The van der Waals surface area contributed by atoms with Gasteiger partial charge in [0.25, 0.3) is 0 Å². The first-order chi connectivity index (χ1) is 12.8. The fourth-order valence-corrected chi connectivity index (χ4v) is 4.55. The minimum Gasteiger partial charge on any atom is -0.469 e. The van der Waals surface area contributed by atoms with Gasteiger partial charge in [-0.05, 0) is 59.8 Å². The molecule has 1 aliphatic heterocycles. The van der Waals surface area contributed by atoms with Crippen LogP contribution in [-0.4, -0.2) is 47.5 Å². The SMILES string of the molecule is C=C1C[C@@H]([C@@H]2OC(C)(C)N(C(=O)OC(C)(C)C)[C@H]2CC(C)C)[C@H](C(=O)OC)C1. The predicted molar refractivity (Wildman–Crippen MR) is 108 cm³/mol. The number of ether oxygens (including phenoxy) is 3. The van der Waals surface area contributed by atoms with Crippen LogP contribution in [0.15, 0.2) is 12.2 Å². The molecule has 1 heterocycles. The zero-order chi connectivity index (χ0) is 21.4. The van der Waals surface area contributed by atoms with Crippen LogP contribution in [0.3, 0.4) is 0 Å². The number of carbonyl (C=O) groups is 2. The van der Waals surface area contributed by atoms with Crippen molar-refractivity contribution in [2.45, 2.75) is 91.2 Å². The Hall–Kier alpha value is -1.56. The molecule has 0 bridgehead atoms. The number of rotatable bonds is 4. The van der Waals surface area contributed by atoms with E-state index in [1.165, 1.54) is 7.11 Å². The molecule has 1 amide bonds. The minimum atomic E-state index is -0.822. The van der Waals surface area contributed by atoms with Gasteiger partial charge in [0.15, 0.2) is 0 Å². The van der Waals surface area contributed by atoms with Crippen LogP contribution in [0.2, 0.25) is 0 Å². The number of methoxy groups -OCH3 is 1. The van der Waals surface area contributed by atoms with Crippen molar-refractivity contribution in [2.24, 2.45) is 17.8 Å². The summed E-state index contributed by atoms with van der Waals surface area (Å²) in [4.78, 5) is 27.2. The first kappa shape index (κ1) is 22.7. The highest BCUT2D eigenvalue weighted by atomic mass is 16.6. The normalized spacial score (nSPS) is 30.0. The summed E-state index contributed by atoms with van der Waals surface area (Å²) in [6.07, 6.45) is 1.44. The Morgan fingerprint density at radius 3 is 2.39 bits per heavy atom. The molecule has 6 nitrogen and oxygen atoms in total. The largest absolute Gasteiger partial charge is 0.469 e. The molecule has 0 spiro atoms. The predicted octanol–water partition coefficient (Wildman–Crippen LogP) is 4.53. The summed E-state index contributed by atoms with van der Waals surface area (Å²) in [6.45, 7) is 17.7. The van der Waals surface area contributed by atoms with Crippen molar-refractivity contribution >= 4 is 12.1 Å². The number of amides is 1. The van der Waals surface area contributed by atoms with E-state index in [9.17, 15) is 9.59 Å². The van der Waals surface area contributed by atoms with E-state index in [-0.39, 0.29) is 36.0 Å². The Kier molecular flexibility index (Phi) is 6.54. The summed E-state index contributed by atoms with van der Waals surface area (Å²) in [7, 11) is 1.42. The highest BCUT2D eigenvalue weighted by Gasteiger charge is 2.56. The van der Waals surface area contributed by atoms with E-state index in [2.05, 4.69) is 20.4 Å². The van der Waals surface area contributed by atoms with Crippen LogP contribution in [-0.2, 0) is 19.0 Å². The highest BCUT2D eigenvalue weighted by molar-refractivity contribution is 5.74. The highest BCUT2D eigenvalue weighted by Crippen LogP contribution is 2.47. The van der Waals surface area contributed by atoms with E-state index in [1.54, 1.807) is 4.90 Å². The Balaban J connectivity index is 2.39. The van der Waals surface area contributed by atoms with Gasteiger partial charge in [0.1, 0.15) is 11.3 Å². The van der Waals surface area contributed by atoms with E-state index >= 15 is 0 Å². The zero-order valence-electron chi connectivity index (χ0n) is 18.7. The molecule has 6 heteroatoms. The second-order valence-corrected chi connectivity index (χ2v) is 10.0. The minimum absolute atomic E-state index is 0.0598. The third kappa shape index (κ3) is 4.88. The van der Waals surface area contributed by atoms with Crippen molar-refractivity contribution in [2.75, 3.05) is 7.11 Å². The molecule has 1 aliphatic carbocycles. The molecule has 1 saturated carbocycles. The summed E-state index contributed by atoms with van der Waals surface area (Å²) in [6, 6.07) is -0.173. The Labute approximate surface area is 169 Å². The molecular formula is C22H37NO5. The molecule has 0 unspecified atom stereocenters. The topological polar surface area (TPSA) is 65.1 Å². The van der Waals surface area contributed by atoms with Crippen molar-refractivity contribution < 1.29 is 23.8 Å². The average Bonchev–Trinajstić information content (AvgIpc) is 3.01. The van der Waals surface area contributed by atoms with Crippen LogP contribution in [0.1, 0.15) is 67.7 Å². The van der Waals surface area contributed by atoms with Crippen LogP contribution in [0.25, 0.3) is 0 Å². The van der Waals surface area contributed by atoms with Gasteiger partial charge in [0.05, 0.1) is 25.2 Å². The summed E-state index contributed by atoms with van der Waals surface area (Å²) in [5, 5.41) is 0. The van der Waals surface area contributed by atoms with Gasteiger partial charge in [0, 0.05) is 5.92 Å². The third-order valence-corrected chi connectivity index (χ3v) is 5.49. The lowest BCUT2D eigenvalue weighted by Gasteiger charge is -2.36. The summed E-state index contributed by atoms with van der Waals surface area (Å²) >= 11 is 0. The number of hydrogen-bond donors (Lipinski definition) is 0. The smallest absolute Gasteiger partial charge is 0.412 e. The molecule has 0 aromatic heterocycles. The maximum Gasteiger partial charge on any atom is 0.412 e. The van der Waals surface area contributed by atoms with Crippen molar-refractivity contribution in [1.29, 1.82) is 0 Å². The summed E-state index contributed by atoms with van der Waals surface area (Å²) in [5.41, 5.74) is -0.387. The number of carbonyl (C=O) groups excluding carboxylic acids is 2. The van der Waals surface area contributed by atoms with Crippen molar-refractivity contribution in [1.82, 2.24) is 4.90 Å². The quantitative estimate of drug-likeness (QED) is 0.517. The lowest BCUT2D eigenvalue weighted by Crippen LogP contribution is -2.51. The Bertz CT molecular complexity index is 619. The van der Waals surface area contributed by atoms with Crippen molar-refractivity contribution in [3.63, 3.8) is 0 Å². The number of esters is 1. The summed E-state index contributed by atoms with van der Waals surface area (Å²) < 4.78 is 17.2. The fraction of sp³-hybridized carbons (Fsp3) is 0.818. The lowest BCUT2D eigenvalue weighted by atomic mass is 9.84. The average molecular weight is 396 g/mol. The van der Waals surface area contributed by atoms with E-state index in [1.807, 2.05) is 34.6 Å². The van der Waals surface area contributed by atoms with Crippen molar-refractivity contribution in [3.8, 4) is 0 Å². The Morgan fingerprint density at radius 2 is 1.89 bits per heavy atom. The van der Waals surface area contributed by atoms with E-state index in [4.69, 9.17) is 14.2 Å². The van der Waals surface area contributed by atoms with Gasteiger partial charge < -0.3 is 14.2 Å². The molecule has 160 valence electrons. The molecular weight excluding hydrogens is 358 g/mol. The third-order valence-electron chi connectivity index (χ3n) is 5.49. The molecule has 0 radical (unpaired) electrons. The molecule has 4 atom stereocenters. The van der Waals surface area contributed by atoms with Crippen molar-refractivity contribution in [3.05, 3.63) is 12.2 Å². The van der Waals surface area contributed by atoms with Crippen LogP contribution >= 0.6 is 0 Å². The van der Waals surface area contributed by atoms with Gasteiger partial charge in [-0.25, -0.2) is 4.79 Å². The number of nitrogens with zero attached hydrogens (tertiary/aromatic N) is 1. The van der Waals surface area contributed by atoms with Crippen LogP contribution in [0.4, 0.5) is 4.79 Å². The van der Waals surface area contributed by atoms with Gasteiger partial charge in [-0.3, -0.25) is 9.69 Å². The lowest BCUT2D eigenvalue weighted by molar-refractivity contribution is -0.150. The molecule has 0 aromatic carbocycles. The van der Waals surface area contributed by atoms with Gasteiger partial charge in [-0.1, -0.05) is 26.0 Å². The fourth-order valence-electron chi connectivity index (χ4n) is 4.55. The molecule has 28 heavy (non-hydrogen) atoms. The number of hydrogen-bond acceptors (Lipinski definition) is 5. The van der Waals surface area contributed by atoms with E-state index < -0.39 is 11.3 Å². The first-order valence-corrected chi connectivity index (χ1v) is 10.2. The number of allylic oxidation sites excluding steroid dienone is 1. The maximum atomic E-state index is 13.1. The first-order valence-electron chi connectivity index (χ1n) is 10.2.